The summed E-state index contributed by atoms with van der Waals surface area (Å²) in [5, 5.41) is 3.54. The van der Waals surface area contributed by atoms with Crippen molar-refractivity contribution in [2.45, 2.75) is 58.5 Å². The van der Waals surface area contributed by atoms with Gasteiger partial charge in [0.05, 0.1) is 17.0 Å². The van der Waals surface area contributed by atoms with Gasteiger partial charge in [0.1, 0.15) is 6.04 Å². The minimum absolute atomic E-state index is 0.00297. The smallest absolute Gasteiger partial charge is 0.242 e. The minimum Gasteiger partial charge on any atom is -0.352 e. The molecular formula is C26H35Cl2N3O4S. The Bertz CT molecular complexity index is 1130. The van der Waals surface area contributed by atoms with Gasteiger partial charge in [0, 0.05) is 30.6 Å². The Kier molecular flexibility index (Phi) is 11.5. The van der Waals surface area contributed by atoms with Crippen LogP contribution in [0.15, 0.2) is 48.5 Å². The van der Waals surface area contributed by atoms with Crippen molar-refractivity contribution in [1.29, 1.82) is 0 Å². The molecule has 7 nitrogen and oxygen atoms in total. The molecule has 198 valence electrons. The fraction of sp³-hybridized carbons (Fsp3) is 0.462. The van der Waals surface area contributed by atoms with Gasteiger partial charge in [0.15, 0.2) is 0 Å². The van der Waals surface area contributed by atoms with Gasteiger partial charge in [-0.1, -0.05) is 60.5 Å². The summed E-state index contributed by atoms with van der Waals surface area (Å²) < 4.78 is 26.1. The lowest BCUT2D eigenvalue weighted by Gasteiger charge is -2.30. The molecule has 0 bridgehead atoms. The molecule has 2 aromatic rings. The Morgan fingerprint density at radius 3 is 2.31 bits per heavy atom. The van der Waals surface area contributed by atoms with Crippen molar-refractivity contribution in [3.8, 4) is 0 Å². The fourth-order valence-electron chi connectivity index (χ4n) is 3.69. The van der Waals surface area contributed by atoms with Crippen LogP contribution in [-0.4, -0.2) is 56.6 Å². The molecule has 0 saturated heterocycles. The lowest BCUT2D eigenvalue weighted by molar-refractivity contribution is -0.140. The summed E-state index contributed by atoms with van der Waals surface area (Å²) in [4.78, 5) is 27.7. The molecule has 0 aliphatic carbocycles. The minimum atomic E-state index is -3.67. The first-order valence-corrected chi connectivity index (χ1v) is 14.6. The summed E-state index contributed by atoms with van der Waals surface area (Å²) in [6.07, 6.45) is 2.78. The molecule has 0 aliphatic rings. The average molecular weight is 557 g/mol. The molecule has 1 N–H and O–H groups in total. The number of hydrogen-bond acceptors (Lipinski definition) is 4. The zero-order valence-electron chi connectivity index (χ0n) is 21.2. The number of carbonyl (C=O) groups is 2. The second kappa shape index (κ2) is 13.9. The summed E-state index contributed by atoms with van der Waals surface area (Å²) in [5.74, 6) is -0.433. The summed E-state index contributed by atoms with van der Waals surface area (Å²) in [6.45, 7) is 6.03. The Morgan fingerprint density at radius 1 is 1.03 bits per heavy atom. The Labute approximate surface area is 224 Å². The molecule has 2 aromatic carbocycles. The monoisotopic (exact) mass is 555 g/mol. The molecule has 2 atom stereocenters. The molecule has 0 aliphatic heterocycles. The highest BCUT2D eigenvalue weighted by atomic mass is 35.5. The molecular weight excluding hydrogens is 521 g/mol. The van der Waals surface area contributed by atoms with Crippen molar-refractivity contribution in [2.75, 3.05) is 23.7 Å². The van der Waals surface area contributed by atoms with Crippen molar-refractivity contribution in [1.82, 2.24) is 10.2 Å². The predicted molar refractivity (Wildman–Crippen MR) is 147 cm³/mol. The number of nitrogens with zero attached hydrogens (tertiary/aromatic N) is 2. The standard InChI is InChI=1S/C26H35Cl2N3O4S/c1-5-19(2)29-26(33)20(3)30(17-15-21-10-7-6-8-11-21)25(32)12-9-16-31(36(4,34)35)24-18-22(27)13-14-23(24)28/h6-8,10-11,13-14,18-20H,5,9,12,15-17H2,1-4H3,(H,29,33)/t19-,20+/m1/s1. The van der Waals surface area contributed by atoms with Gasteiger partial charge in [0.25, 0.3) is 0 Å². The lowest BCUT2D eigenvalue weighted by atomic mass is 10.1. The van der Waals surface area contributed by atoms with Gasteiger partial charge in [-0.2, -0.15) is 0 Å². The zero-order chi connectivity index (χ0) is 26.9. The fourth-order valence-corrected chi connectivity index (χ4v) is 5.10. The van der Waals surface area contributed by atoms with Crippen molar-refractivity contribution in [3.05, 3.63) is 64.1 Å². The predicted octanol–water partition coefficient (Wildman–Crippen LogP) is 4.91. The maximum Gasteiger partial charge on any atom is 0.242 e. The highest BCUT2D eigenvalue weighted by Gasteiger charge is 2.27. The topological polar surface area (TPSA) is 86.8 Å². The van der Waals surface area contributed by atoms with Crippen LogP contribution in [0, 0.1) is 0 Å². The van der Waals surface area contributed by atoms with Crippen LogP contribution in [0.1, 0.15) is 45.6 Å². The van der Waals surface area contributed by atoms with E-state index in [1.54, 1.807) is 17.9 Å². The molecule has 0 heterocycles. The molecule has 0 unspecified atom stereocenters. The Balaban J connectivity index is 2.15. The number of hydrogen-bond donors (Lipinski definition) is 1. The van der Waals surface area contributed by atoms with Gasteiger partial charge in [-0.25, -0.2) is 8.42 Å². The maximum atomic E-state index is 13.3. The van der Waals surface area contributed by atoms with Crippen LogP contribution in [0.5, 0.6) is 0 Å². The number of benzene rings is 2. The van der Waals surface area contributed by atoms with Crippen molar-refractivity contribution >= 4 is 50.7 Å². The normalized spacial score (nSPS) is 13.1. The highest BCUT2D eigenvalue weighted by molar-refractivity contribution is 7.92. The second-order valence-electron chi connectivity index (χ2n) is 8.85. The highest BCUT2D eigenvalue weighted by Crippen LogP contribution is 2.31. The van der Waals surface area contributed by atoms with E-state index in [0.29, 0.717) is 18.0 Å². The Hall–Kier alpha value is -2.29. The van der Waals surface area contributed by atoms with Crippen LogP contribution < -0.4 is 9.62 Å². The third-order valence-corrected chi connectivity index (χ3v) is 7.72. The van der Waals surface area contributed by atoms with Crippen LogP contribution in [0.3, 0.4) is 0 Å². The maximum absolute atomic E-state index is 13.3. The third-order valence-electron chi connectivity index (χ3n) is 5.98. The first-order valence-electron chi connectivity index (χ1n) is 12.0. The van der Waals surface area contributed by atoms with E-state index in [1.165, 1.54) is 12.1 Å². The van der Waals surface area contributed by atoms with Crippen LogP contribution >= 0.6 is 23.2 Å². The van der Waals surface area contributed by atoms with Crippen molar-refractivity contribution in [2.24, 2.45) is 0 Å². The van der Waals surface area contributed by atoms with Gasteiger partial charge in [-0.3, -0.25) is 13.9 Å². The molecule has 0 radical (unpaired) electrons. The lowest BCUT2D eigenvalue weighted by Crippen LogP contribution is -2.50. The van der Waals surface area contributed by atoms with E-state index in [0.717, 1.165) is 22.5 Å². The molecule has 2 rings (SSSR count). The third kappa shape index (κ3) is 8.98. The molecule has 0 saturated carbocycles. The first-order chi connectivity index (χ1) is 16.9. The molecule has 0 spiro atoms. The Morgan fingerprint density at radius 2 is 1.69 bits per heavy atom. The quantitative estimate of drug-likeness (QED) is 0.380. The molecule has 10 heteroatoms. The SMILES string of the molecule is CC[C@@H](C)NC(=O)[C@H](C)N(CCc1ccccc1)C(=O)CCCN(c1cc(Cl)ccc1Cl)S(C)(=O)=O. The summed E-state index contributed by atoms with van der Waals surface area (Å²) >= 11 is 12.3. The summed E-state index contributed by atoms with van der Waals surface area (Å²) in [6, 6.07) is 13.7. The van der Waals surface area contributed by atoms with E-state index in [9.17, 15) is 18.0 Å². The van der Waals surface area contributed by atoms with Gasteiger partial charge in [-0.15, -0.1) is 0 Å². The summed E-state index contributed by atoms with van der Waals surface area (Å²) in [7, 11) is -3.67. The summed E-state index contributed by atoms with van der Waals surface area (Å²) in [5.41, 5.74) is 1.32. The number of sulfonamides is 1. The number of rotatable bonds is 13. The molecule has 2 amide bonds. The van der Waals surface area contributed by atoms with E-state index in [4.69, 9.17) is 23.2 Å². The number of nitrogens with one attached hydrogen (secondary N) is 1. The first kappa shape index (κ1) is 29.9. The van der Waals surface area contributed by atoms with Gasteiger partial charge in [0.2, 0.25) is 21.8 Å². The van der Waals surface area contributed by atoms with E-state index < -0.39 is 16.1 Å². The molecule has 36 heavy (non-hydrogen) atoms. The number of carbonyl (C=O) groups excluding carboxylic acids is 2. The van der Waals surface area contributed by atoms with Crippen molar-refractivity contribution in [3.63, 3.8) is 0 Å². The van der Waals surface area contributed by atoms with E-state index in [-0.39, 0.29) is 48.0 Å². The number of amides is 2. The van der Waals surface area contributed by atoms with Crippen molar-refractivity contribution < 1.29 is 18.0 Å². The second-order valence-corrected chi connectivity index (χ2v) is 11.6. The van der Waals surface area contributed by atoms with E-state index in [2.05, 4.69) is 5.32 Å². The van der Waals surface area contributed by atoms with Crippen LogP contribution in [0.25, 0.3) is 0 Å². The van der Waals surface area contributed by atoms with E-state index >= 15 is 0 Å². The average Bonchev–Trinajstić information content (AvgIpc) is 2.83. The zero-order valence-corrected chi connectivity index (χ0v) is 23.5. The van der Waals surface area contributed by atoms with Crippen LogP contribution in [0.4, 0.5) is 5.69 Å². The molecule has 0 fully saturated rings. The van der Waals surface area contributed by atoms with Crippen LogP contribution in [0.2, 0.25) is 10.0 Å². The number of halogens is 2. The van der Waals surface area contributed by atoms with E-state index in [1.807, 2.05) is 44.2 Å². The largest absolute Gasteiger partial charge is 0.352 e. The van der Waals surface area contributed by atoms with Crippen LogP contribution in [-0.2, 0) is 26.0 Å². The molecule has 0 aromatic heterocycles. The van der Waals surface area contributed by atoms with Gasteiger partial charge >= 0.3 is 0 Å². The number of anilines is 1. The van der Waals surface area contributed by atoms with Gasteiger partial charge < -0.3 is 10.2 Å². The van der Waals surface area contributed by atoms with Gasteiger partial charge in [-0.05, 0) is 56.9 Å².